The molecule has 0 aromatic heterocycles. The first kappa shape index (κ1) is 23.2. The molecular weight excluding hydrogens is 541 g/mol. The van der Waals surface area contributed by atoms with Gasteiger partial charge in [0.05, 0.1) is 23.1 Å². The summed E-state index contributed by atoms with van der Waals surface area (Å²) in [6.07, 6.45) is -1.91. The molecule has 0 heterocycles. The van der Waals surface area contributed by atoms with Gasteiger partial charge < -0.3 is 10.2 Å². The van der Waals surface area contributed by atoms with Gasteiger partial charge in [-0.3, -0.25) is 4.72 Å². The number of aliphatic hydroxyl groups is 2. The highest BCUT2D eigenvalue weighted by molar-refractivity contribution is 14.1. The molecule has 0 spiro atoms. The van der Waals surface area contributed by atoms with E-state index >= 15 is 0 Å². The minimum absolute atomic E-state index is 0.0726. The molecule has 0 amide bonds. The number of sulfonamides is 1. The molecule has 164 valence electrons. The van der Waals surface area contributed by atoms with Gasteiger partial charge in [0.25, 0.3) is 0 Å². The Hall–Kier alpha value is -1.44. The molecule has 1 atom stereocenters. The van der Waals surface area contributed by atoms with Gasteiger partial charge >= 0.3 is 0 Å². The zero-order valence-corrected chi connectivity index (χ0v) is 18.4. The number of hydrogen-bond donors (Lipinski definition) is 3. The Morgan fingerprint density at radius 1 is 1.10 bits per heavy atom. The standard InChI is InChI=1S/C19H18F4INO4S/c20-14-6-11(24)2-1-10(14)5-13-17(23)15(21)7-16(22)18(13)25-30(28,29)19(3-4-19)8-12(27)9-26/h1-2,6-7,12,25-27H,3-5,8-9H2/t12-/m1/s1. The van der Waals surface area contributed by atoms with E-state index in [-0.39, 0.29) is 30.9 Å². The van der Waals surface area contributed by atoms with Crippen molar-refractivity contribution < 1.29 is 36.2 Å². The molecular formula is C19H18F4INO4S. The van der Waals surface area contributed by atoms with Crippen LogP contribution in [0.2, 0.25) is 0 Å². The van der Waals surface area contributed by atoms with Crippen molar-refractivity contribution in [3.63, 3.8) is 0 Å². The summed E-state index contributed by atoms with van der Waals surface area (Å²) in [4.78, 5) is 0. The van der Waals surface area contributed by atoms with Crippen LogP contribution < -0.4 is 4.72 Å². The SMILES string of the molecule is O=S(=O)(Nc1c(F)cc(F)c(F)c1Cc1ccc(I)cc1F)C1(C[C@@H](O)CO)CC1. The summed E-state index contributed by atoms with van der Waals surface area (Å²) in [5.74, 6) is -5.11. The fourth-order valence-electron chi connectivity index (χ4n) is 3.24. The van der Waals surface area contributed by atoms with E-state index in [0.29, 0.717) is 3.57 Å². The van der Waals surface area contributed by atoms with E-state index in [0.717, 1.165) is 6.07 Å². The molecule has 1 saturated carbocycles. The Kier molecular flexibility index (Phi) is 6.65. The average Bonchev–Trinajstić information content (AvgIpc) is 3.45. The minimum atomic E-state index is -4.34. The van der Waals surface area contributed by atoms with Crippen LogP contribution in [-0.4, -0.2) is 36.1 Å². The van der Waals surface area contributed by atoms with E-state index in [4.69, 9.17) is 5.11 Å². The zero-order valence-electron chi connectivity index (χ0n) is 15.4. The normalized spacial score (nSPS) is 16.4. The third-order valence-corrected chi connectivity index (χ3v) is 7.94. The number of halogens is 5. The molecule has 1 aliphatic carbocycles. The molecule has 11 heteroatoms. The van der Waals surface area contributed by atoms with Crippen LogP contribution in [0.25, 0.3) is 0 Å². The Balaban J connectivity index is 2.02. The lowest BCUT2D eigenvalue weighted by atomic mass is 10.0. The van der Waals surface area contributed by atoms with Gasteiger partial charge in [-0.15, -0.1) is 0 Å². The Labute approximate surface area is 184 Å². The van der Waals surface area contributed by atoms with Crippen LogP contribution in [0.4, 0.5) is 23.2 Å². The van der Waals surface area contributed by atoms with E-state index in [9.17, 15) is 31.1 Å². The molecule has 3 N–H and O–H groups in total. The number of nitrogens with one attached hydrogen (secondary N) is 1. The van der Waals surface area contributed by atoms with E-state index in [1.54, 1.807) is 0 Å². The van der Waals surface area contributed by atoms with Crippen molar-refractivity contribution in [2.75, 3.05) is 11.3 Å². The molecule has 2 aromatic carbocycles. The van der Waals surface area contributed by atoms with Gasteiger partial charge in [0.15, 0.2) is 17.5 Å². The third-order valence-electron chi connectivity index (χ3n) is 5.08. The highest BCUT2D eigenvalue weighted by atomic mass is 127. The molecule has 0 unspecified atom stereocenters. The van der Waals surface area contributed by atoms with Crippen molar-refractivity contribution in [2.24, 2.45) is 0 Å². The summed E-state index contributed by atoms with van der Waals surface area (Å²) in [6, 6.07) is 4.20. The second-order valence-electron chi connectivity index (χ2n) is 7.25. The van der Waals surface area contributed by atoms with Gasteiger partial charge in [0.2, 0.25) is 10.0 Å². The minimum Gasteiger partial charge on any atom is -0.394 e. The summed E-state index contributed by atoms with van der Waals surface area (Å²) < 4.78 is 83.8. The summed E-state index contributed by atoms with van der Waals surface area (Å²) in [6.45, 7) is -0.659. The molecule has 1 aliphatic rings. The second-order valence-corrected chi connectivity index (χ2v) is 10.6. The van der Waals surface area contributed by atoms with Gasteiger partial charge in [0, 0.05) is 21.6 Å². The first-order valence-electron chi connectivity index (χ1n) is 8.91. The first-order valence-corrected chi connectivity index (χ1v) is 11.5. The molecule has 0 bridgehead atoms. The molecule has 0 saturated heterocycles. The highest BCUT2D eigenvalue weighted by Crippen LogP contribution is 2.48. The molecule has 0 aliphatic heterocycles. The molecule has 3 rings (SSSR count). The second kappa shape index (κ2) is 8.60. The van der Waals surface area contributed by atoms with E-state index in [1.807, 2.05) is 27.3 Å². The quantitative estimate of drug-likeness (QED) is 0.263. The van der Waals surface area contributed by atoms with Crippen LogP contribution in [0, 0.1) is 26.8 Å². The van der Waals surface area contributed by atoms with Crippen molar-refractivity contribution in [1.29, 1.82) is 0 Å². The molecule has 30 heavy (non-hydrogen) atoms. The van der Waals surface area contributed by atoms with Gasteiger partial charge in [0.1, 0.15) is 5.82 Å². The molecule has 5 nitrogen and oxygen atoms in total. The summed E-state index contributed by atoms with van der Waals surface area (Å²) in [7, 11) is -4.34. The van der Waals surface area contributed by atoms with Crippen LogP contribution in [0.3, 0.4) is 0 Å². The van der Waals surface area contributed by atoms with Crippen molar-refractivity contribution in [3.05, 3.63) is 62.2 Å². The maximum Gasteiger partial charge on any atom is 0.238 e. The summed E-state index contributed by atoms with van der Waals surface area (Å²) in [5.41, 5.74) is -1.55. The van der Waals surface area contributed by atoms with E-state index in [1.165, 1.54) is 12.1 Å². The fourth-order valence-corrected chi connectivity index (χ4v) is 5.45. The van der Waals surface area contributed by atoms with Crippen LogP contribution in [0.1, 0.15) is 30.4 Å². The smallest absolute Gasteiger partial charge is 0.238 e. The molecule has 1 fully saturated rings. The van der Waals surface area contributed by atoms with Crippen LogP contribution in [0.15, 0.2) is 24.3 Å². The topological polar surface area (TPSA) is 86.6 Å². The Bertz CT molecular complexity index is 1080. The lowest BCUT2D eigenvalue weighted by Gasteiger charge is -2.22. The Morgan fingerprint density at radius 3 is 2.33 bits per heavy atom. The number of aliphatic hydroxyl groups excluding tert-OH is 2. The van der Waals surface area contributed by atoms with Crippen LogP contribution in [0.5, 0.6) is 0 Å². The fraction of sp³-hybridized carbons (Fsp3) is 0.368. The third kappa shape index (κ3) is 4.58. The van der Waals surface area contributed by atoms with Gasteiger partial charge in [-0.05, 0) is 59.5 Å². The predicted molar refractivity (Wildman–Crippen MR) is 110 cm³/mol. The molecule has 0 radical (unpaired) electrons. The number of hydrogen-bond acceptors (Lipinski definition) is 4. The average molecular weight is 559 g/mol. The van der Waals surface area contributed by atoms with Crippen molar-refractivity contribution in [1.82, 2.24) is 0 Å². The van der Waals surface area contributed by atoms with E-state index < -0.39 is 68.4 Å². The van der Waals surface area contributed by atoms with Crippen molar-refractivity contribution in [3.8, 4) is 0 Å². The number of rotatable bonds is 8. The van der Waals surface area contributed by atoms with Gasteiger partial charge in [-0.1, -0.05) is 6.07 Å². The summed E-state index contributed by atoms with van der Waals surface area (Å²) >= 11 is 1.86. The zero-order chi connectivity index (χ0) is 22.3. The lowest BCUT2D eigenvalue weighted by Crippen LogP contribution is -2.35. The first-order chi connectivity index (χ1) is 14.0. The van der Waals surface area contributed by atoms with Crippen LogP contribution in [-0.2, 0) is 16.4 Å². The maximum absolute atomic E-state index is 14.5. The van der Waals surface area contributed by atoms with Crippen molar-refractivity contribution in [2.45, 2.75) is 36.5 Å². The largest absolute Gasteiger partial charge is 0.394 e. The monoisotopic (exact) mass is 559 g/mol. The van der Waals surface area contributed by atoms with Crippen LogP contribution >= 0.6 is 22.6 Å². The van der Waals surface area contributed by atoms with Gasteiger partial charge in [-0.2, -0.15) is 0 Å². The lowest BCUT2D eigenvalue weighted by molar-refractivity contribution is 0.0858. The Morgan fingerprint density at radius 2 is 1.77 bits per heavy atom. The molecule has 2 aromatic rings. The summed E-state index contributed by atoms with van der Waals surface area (Å²) in [5, 5.41) is 18.6. The number of anilines is 1. The maximum atomic E-state index is 14.5. The van der Waals surface area contributed by atoms with E-state index in [2.05, 4.69) is 0 Å². The number of benzene rings is 2. The highest BCUT2D eigenvalue weighted by Gasteiger charge is 2.55. The predicted octanol–water partition coefficient (Wildman–Crippen LogP) is 3.46. The van der Waals surface area contributed by atoms with Crippen molar-refractivity contribution >= 4 is 38.3 Å². The van der Waals surface area contributed by atoms with Gasteiger partial charge in [-0.25, -0.2) is 26.0 Å².